The number of likely N-dealkylation sites (N-methyl/N-ethyl adjacent to an activating group) is 1. The molecule has 2 rings (SSSR count). The Morgan fingerprint density at radius 3 is 2.71 bits per heavy atom. The molecule has 1 saturated heterocycles. The lowest BCUT2D eigenvalue weighted by Crippen LogP contribution is -2.55. The van der Waals surface area contributed by atoms with Crippen LogP contribution in [0.25, 0.3) is 0 Å². The van der Waals surface area contributed by atoms with Gasteiger partial charge in [-0.2, -0.15) is 0 Å². The molecule has 3 unspecified atom stereocenters. The van der Waals surface area contributed by atoms with E-state index < -0.39 is 0 Å². The summed E-state index contributed by atoms with van der Waals surface area (Å²) in [5.74, 6) is 0. The first-order valence-corrected chi connectivity index (χ1v) is 7.50. The largest absolute Gasteiger partial charge is 0.315 e. The summed E-state index contributed by atoms with van der Waals surface area (Å²) in [6.07, 6.45) is 8.25. The third-order valence-electron chi connectivity index (χ3n) is 5.05. The minimum absolute atomic E-state index is 0.541. The van der Waals surface area contributed by atoms with Crippen molar-refractivity contribution in [1.82, 2.24) is 10.2 Å². The van der Waals surface area contributed by atoms with Gasteiger partial charge in [-0.1, -0.05) is 20.8 Å². The van der Waals surface area contributed by atoms with Crippen molar-refractivity contribution in [3.63, 3.8) is 0 Å². The van der Waals surface area contributed by atoms with Gasteiger partial charge in [-0.3, -0.25) is 4.90 Å². The molecule has 1 aliphatic heterocycles. The molecular formula is C15H30N2. The predicted molar refractivity (Wildman–Crippen MR) is 74.3 cm³/mol. The van der Waals surface area contributed by atoms with Gasteiger partial charge in [-0.15, -0.1) is 0 Å². The Labute approximate surface area is 107 Å². The van der Waals surface area contributed by atoms with E-state index >= 15 is 0 Å². The molecule has 2 aliphatic rings. The summed E-state index contributed by atoms with van der Waals surface area (Å²) >= 11 is 0. The van der Waals surface area contributed by atoms with Crippen LogP contribution in [0.1, 0.15) is 59.3 Å². The summed E-state index contributed by atoms with van der Waals surface area (Å²) in [5.41, 5.74) is 0.541. The maximum Gasteiger partial charge on any atom is 0.0257 e. The van der Waals surface area contributed by atoms with Crippen molar-refractivity contribution < 1.29 is 0 Å². The third kappa shape index (κ3) is 2.85. The number of rotatable bonds is 3. The van der Waals surface area contributed by atoms with Crippen LogP contribution in [0, 0.1) is 5.41 Å². The smallest absolute Gasteiger partial charge is 0.0257 e. The van der Waals surface area contributed by atoms with Gasteiger partial charge < -0.3 is 5.32 Å². The number of nitrogens with one attached hydrogen (secondary N) is 1. The second-order valence-electron chi connectivity index (χ2n) is 6.81. The summed E-state index contributed by atoms with van der Waals surface area (Å²) < 4.78 is 0. The highest BCUT2D eigenvalue weighted by molar-refractivity contribution is 4.97. The summed E-state index contributed by atoms with van der Waals surface area (Å²) in [6, 6.07) is 2.34. The van der Waals surface area contributed by atoms with Crippen LogP contribution in [0.2, 0.25) is 0 Å². The van der Waals surface area contributed by atoms with Gasteiger partial charge in [-0.25, -0.2) is 0 Å². The Morgan fingerprint density at radius 1 is 1.29 bits per heavy atom. The van der Waals surface area contributed by atoms with Crippen LogP contribution in [0.5, 0.6) is 0 Å². The highest BCUT2D eigenvalue weighted by Crippen LogP contribution is 2.39. The Morgan fingerprint density at radius 2 is 2.06 bits per heavy atom. The zero-order valence-corrected chi connectivity index (χ0v) is 12.1. The molecule has 0 radical (unpaired) electrons. The van der Waals surface area contributed by atoms with Gasteiger partial charge in [-0.05, 0) is 57.5 Å². The van der Waals surface area contributed by atoms with E-state index in [2.05, 4.69) is 38.0 Å². The zero-order valence-electron chi connectivity index (χ0n) is 12.1. The molecular weight excluding hydrogens is 208 g/mol. The van der Waals surface area contributed by atoms with Crippen molar-refractivity contribution in [1.29, 1.82) is 0 Å². The van der Waals surface area contributed by atoms with Gasteiger partial charge in [0.1, 0.15) is 0 Å². The average molecular weight is 238 g/mol. The zero-order chi connectivity index (χ0) is 12.5. The lowest BCUT2D eigenvalue weighted by atomic mass is 9.72. The minimum atomic E-state index is 0.541. The Bertz CT molecular complexity index is 249. The maximum atomic E-state index is 3.57. The quantitative estimate of drug-likeness (QED) is 0.813. The molecule has 1 aliphatic carbocycles. The molecule has 100 valence electrons. The van der Waals surface area contributed by atoms with Crippen molar-refractivity contribution >= 4 is 0 Å². The van der Waals surface area contributed by atoms with Crippen molar-refractivity contribution in [2.24, 2.45) is 5.41 Å². The van der Waals surface area contributed by atoms with E-state index in [1.165, 1.54) is 45.1 Å². The van der Waals surface area contributed by atoms with Gasteiger partial charge in [0.2, 0.25) is 0 Å². The Balaban J connectivity index is 2.09. The van der Waals surface area contributed by atoms with E-state index in [4.69, 9.17) is 0 Å². The third-order valence-corrected chi connectivity index (χ3v) is 5.05. The van der Waals surface area contributed by atoms with E-state index in [0.29, 0.717) is 5.41 Å². The molecule has 0 spiro atoms. The summed E-state index contributed by atoms with van der Waals surface area (Å²) in [6.45, 7) is 8.58. The van der Waals surface area contributed by atoms with Gasteiger partial charge >= 0.3 is 0 Å². The van der Waals surface area contributed by atoms with Crippen LogP contribution in [-0.4, -0.2) is 36.6 Å². The highest BCUT2D eigenvalue weighted by atomic mass is 15.2. The first-order valence-electron chi connectivity index (χ1n) is 7.50. The molecule has 2 nitrogen and oxygen atoms in total. The molecule has 0 amide bonds. The average Bonchev–Trinajstić information content (AvgIpc) is 2.75. The molecule has 1 saturated carbocycles. The molecule has 1 heterocycles. The van der Waals surface area contributed by atoms with Crippen LogP contribution in [-0.2, 0) is 0 Å². The summed E-state index contributed by atoms with van der Waals surface area (Å²) in [5, 5.41) is 3.57. The van der Waals surface area contributed by atoms with Crippen LogP contribution in [0.15, 0.2) is 0 Å². The van der Waals surface area contributed by atoms with Crippen LogP contribution < -0.4 is 5.32 Å². The summed E-state index contributed by atoms with van der Waals surface area (Å²) in [7, 11) is 2.15. The van der Waals surface area contributed by atoms with E-state index in [-0.39, 0.29) is 0 Å². The molecule has 1 N–H and O–H groups in total. The topological polar surface area (TPSA) is 15.3 Å². The number of hydrogen-bond donors (Lipinski definition) is 1. The van der Waals surface area contributed by atoms with Gasteiger partial charge in [0.15, 0.2) is 0 Å². The van der Waals surface area contributed by atoms with E-state index in [9.17, 15) is 0 Å². The van der Waals surface area contributed by atoms with Crippen LogP contribution in [0.3, 0.4) is 0 Å². The first-order chi connectivity index (χ1) is 8.07. The van der Waals surface area contributed by atoms with Crippen molar-refractivity contribution in [3.05, 3.63) is 0 Å². The number of nitrogens with zero attached hydrogens (tertiary/aromatic N) is 1. The number of likely N-dealkylation sites (tertiary alicyclic amines) is 1. The first kappa shape index (κ1) is 13.4. The lowest BCUT2D eigenvalue weighted by Gasteiger charge is -2.46. The van der Waals surface area contributed by atoms with Gasteiger partial charge in [0, 0.05) is 18.1 Å². The van der Waals surface area contributed by atoms with Crippen LogP contribution in [0.4, 0.5) is 0 Å². The maximum absolute atomic E-state index is 3.57. The highest BCUT2D eigenvalue weighted by Gasteiger charge is 2.40. The minimum Gasteiger partial charge on any atom is -0.315 e. The molecule has 0 aromatic heterocycles. The van der Waals surface area contributed by atoms with E-state index in [0.717, 1.165) is 18.1 Å². The molecule has 0 aromatic rings. The van der Waals surface area contributed by atoms with Crippen LogP contribution >= 0.6 is 0 Å². The molecule has 2 fully saturated rings. The number of hydrogen-bond acceptors (Lipinski definition) is 2. The second-order valence-corrected chi connectivity index (χ2v) is 6.81. The molecule has 0 bridgehead atoms. The summed E-state index contributed by atoms with van der Waals surface area (Å²) in [4.78, 5) is 2.82. The SMILES string of the molecule is CCC1CCCN1C1CC(C)(C)CCC1NC. The molecule has 2 heteroatoms. The fourth-order valence-electron chi connectivity index (χ4n) is 3.97. The fraction of sp³-hybridized carbons (Fsp3) is 1.00. The second kappa shape index (κ2) is 5.27. The molecule has 17 heavy (non-hydrogen) atoms. The molecule has 0 aromatic carbocycles. The van der Waals surface area contributed by atoms with Crippen molar-refractivity contribution in [2.75, 3.05) is 13.6 Å². The van der Waals surface area contributed by atoms with Gasteiger partial charge in [0.25, 0.3) is 0 Å². The van der Waals surface area contributed by atoms with Crippen molar-refractivity contribution in [2.45, 2.75) is 77.4 Å². The normalized spacial score (nSPS) is 38.5. The Hall–Kier alpha value is -0.0800. The fourth-order valence-corrected chi connectivity index (χ4v) is 3.97. The standard InChI is InChI=1S/C15H30N2/c1-5-12-7-6-10-17(12)14-11-15(2,3)9-8-13(14)16-4/h12-14,16H,5-11H2,1-4H3. The molecule has 3 atom stereocenters. The van der Waals surface area contributed by atoms with E-state index in [1.807, 2.05) is 0 Å². The van der Waals surface area contributed by atoms with E-state index in [1.54, 1.807) is 0 Å². The van der Waals surface area contributed by atoms with Gasteiger partial charge in [0.05, 0.1) is 0 Å². The monoisotopic (exact) mass is 238 g/mol. The Kier molecular flexibility index (Phi) is 4.14. The lowest BCUT2D eigenvalue weighted by molar-refractivity contribution is 0.0580. The predicted octanol–water partition coefficient (Wildman–Crippen LogP) is 3.03. The van der Waals surface area contributed by atoms with Crippen molar-refractivity contribution in [3.8, 4) is 0 Å².